The second-order valence-electron chi connectivity index (χ2n) is 5.40. The van der Waals surface area contributed by atoms with Crippen molar-refractivity contribution in [1.82, 2.24) is 5.32 Å². The second-order valence-corrected chi connectivity index (χ2v) is 5.40. The fourth-order valence-electron chi connectivity index (χ4n) is 2.34. The molecule has 0 aliphatic heterocycles. The van der Waals surface area contributed by atoms with Gasteiger partial charge in [0.05, 0.1) is 6.10 Å². The smallest absolute Gasteiger partial charge is 0.127 e. The molecule has 0 radical (unpaired) electrons. The normalized spacial score (nSPS) is 12.5. The van der Waals surface area contributed by atoms with Crippen molar-refractivity contribution in [2.24, 2.45) is 0 Å². The summed E-state index contributed by atoms with van der Waals surface area (Å²) in [5, 5.41) is 3.21. The third-order valence-corrected chi connectivity index (χ3v) is 3.45. The summed E-state index contributed by atoms with van der Waals surface area (Å²) in [6, 6.07) is 12.8. The van der Waals surface area contributed by atoms with E-state index in [0.29, 0.717) is 0 Å². The van der Waals surface area contributed by atoms with E-state index in [1.165, 1.54) is 6.07 Å². The minimum Gasteiger partial charge on any atom is -0.490 e. The van der Waals surface area contributed by atoms with Gasteiger partial charge < -0.3 is 10.1 Å². The SMILES string of the molecule is CNC(C)c1ccc(F)cc1-c1ccccc1OC(C)C. The van der Waals surface area contributed by atoms with E-state index in [0.717, 1.165) is 22.4 Å². The van der Waals surface area contributed by atoms with Crippen LogP contribution in [0.2, 0.25) is 0 Å². The van der Waals surface area contributed by atoms with Gasteiger partial charge in [0.15, 0.2) is 0 Å². The number of para-hydroxylation sites is 1. The highest BCUT2D eigenvalue weighted by atomic mass is 19.1. The summed E-state index contributed by atoms with van der Waals surface area (Å²) in [6.45, 7) is 6.03. The van der Waals surface area contributed by atoms with Gasteiger partial charge in [0.1, 0.15) is 11.6 Å². The van der Waals surface area contributed by atoms with Crippen molar-refractivity contribution in [3.8, 4) is 16.9 Å². The lowest BCUT2D eigenvalue weighted by Gasteiger charge is -2.19. The molecule has 0 aliphatic rings. The van der Waals surface area contributed by atoms with Crippen LogP contribution in [0.25, 0.3) is 11.1 Å². The Morgan fingerprint density at radius 2 is 1.71 bits per heavy atom. The van der Waals surface area contributed by atoms with Crippen molar-refractivity contribution in [2.45, 2.75) is 32.9 Å². The Bertz CT molecular complexity index is 610. The largest absolute Gasteiger partial charge is 0.490 e. The van der Waals surface area contributed by atoms with Crippen LogP contribution in [0.15, 0.2) is 42.5 Å². The topological polar surface area (TPSA) is 21.3 Å². The van der Waals surface area contributed by atoms with Gasteiger partial charge in [0.2, 0.25) is 0 Å². The number of rotatable bonds is 5. The van der Waals surface area contributed by atoms with Crippen LogP contribution in [0, 0.1) is 5.82 Å². The van der Waals surface area contributed by atoms with Gasteiger partial charge in [0, 0.05) is 11.6 Å². The summed E-state index contributed by atoms with van der Waals surface area (Å²) in [5.74, 6) is 0.541. The third kappa shape index (κ3) is 3.61. The molecule has 0 spiro atoms. The number of hydrogen-bond acceptors (Lipinski definition) is 2. The summed E-state index contributed by atoms with van der Waals surface area (Å²) in [4.78, 5) is 0. The van der Waals surface area contributed by atoms with Crippen LogP contribution < -0.4 is 10.1 Å². The molecule has 0 saturated carbocycles. The Kier molecular flexibility index (Phi) is 4.97. The molecule has 1 N–H and O–H groups in total. The fourth-order valence-corrected chi connectivity index (χ4v) is 2.34. The zero-order valence-corrected chi connectivity index (χ0v) is 13.0. The first kappa shape index (κ1) is 15.5. The van der Waals surface area contributed by atoms with Crippen LogP contribution in [0.5, 0.6) is 5.75 Å². The first-order valence-electron chi connectivity index (χ1n) is 7.25. The maximum absolute atomic E-state index is 13.7. The van der Waals surface area contributed by atoms with E-state index < -0.39 is 0 Å². The Labute approximate surface area is 126 Å². The molecule has 0 bridgehead atoms. The van der Waals surface area contributed by atoms with E-state index in [1.807, 2.05) is 51.2 Å². The highest BCUT2D eigenvalue weighted by molar-refractivity contribution is 5.74. The predicted molar refractivity (Wildman–Crippen MR) is 85.1 cm³/mol. The van der Waals surface area contributed by atoms with Gasteiger partial charge in [-0.3, -0.25) is 0 Å². The molecule has 2 aromatic rings. The highest BCUT2D eigenvalue weighted by Gasteiger charge is 2.15. The second kappa shape index (κ2) is 6.72. The molecule has 0 fully saturated rings. The predicted octanol–water partition coefficient (Wildman–Crippen LogP) is 4.56. The van der Waals surface area contributed by atoms with Gasteiger partial charge in [-0.05, 0) is 57.1 Å². The first-order valence-corrected chi connectivity index (χ1v) is 7.25. The van der Waals surface area contributed by atoms with Crippen LogP contribution in [0.3, 0.4) is 0 Å². The molecule has 2 aromatic carbocycles. The van der Waals surface area contributed by atoms with E-state index in [2.05, 4.69) is 12.2 Å². The lowest BCUT2D eigenvalue weighted by atomic mass is 9.94. The molecule has 0 heterocycles. The minimum absolute atomic E-state index is 0.0740. The minimum atomic E-state index is -0.239. The van der Waals surface area contributed by atoms with Gasteiger partial charge in [0.25, 0.3) is 0 Å². The Morgan fingerprint density at radius 3 is 2.38 bits per heavy atom. The van der Waals surface area contributed by atoms with Crippen LogP contribution in [-0.2, 0) is 0 Å². The number of ether oxygens (including phenoxy) is 1. The average molecular weight is 287 g/mol. The third-order valence-electron chi connectivity index (χ3n) is 3.45. The first-order chi connectivity index (χ1) is 10.0. The van der Waals surface area contributed by atoms with Gasteiger partial charge >= 0.3 is 0 Å². The molecule has 2 rings (SSSR count). The maximum Gasteiger partial charge on any atom is 0.127 e. The number of nitrogens with one attached hydrogen (secondary N) is 1. The summed E-state index contributed by atoms with van der Waals surface area (Å²) in [7, 11) is 1.90. The molecular formula is C18H22FNO. The summed E-state index contributed by atoms with van der Waals surface area (Å²) < 4.78 is 19.6. The molecule has 112 valence electrons. The Hall–Kier alpha value is -1.87. The monoisotopic (exact) mass is 287 g/mol. The van der Waals surface area contributed by atoms with Crippen molar-refractivity contribution < 1.29 is 9.13 Å². The van der Waals surface area contributed by atoms with Crippen LogP contribution in [0.4, 0.5) is 4.39 Å². The van der Waals surface area contributed by atoms with Crippen molar-refractivity contribution >= 4 is 0 Å². The molecule has 0 aliphatic carbocycles. The number of hydrogen-bond donors (Lipinski definition) is 1. The standard InChI is InChI=1S/C18H22FNO/c1-12(2)21-18-8-6-5-7-16(18)17-11-14(19)9-10-15(17)13(3)20-4/h5-13,20H,1-4H3. The molecular weight excluding hydrogens is 265 g/mol. The molecule has 0 aromatic heterocycles. The van der Waals surface area contributed by atoms with E-state index in [1.54, 1.807) is 6.07 Å². The van der Waals surface area contributed by atoms with Crippen molar-refractivity contribution in [3.63, 3.8) is 0 Å². The zero-order chi connectivity index (χ0) is 15.4. The summed E-state index contributed by atoms with van der Waals surface area (Å²) >= 11 is 0. The van der Waals surface area contributed by atoms with E-state index in [-0.39, 0.29) is 18.0 Å². The maximum atomic E-state index is 13.7. The molecule has 3 heteroatoms. The van der Waals surface area contributed by atoms with Gasteiger partial charge in [-0.2, -0.15) is 0 Å². The molecule has 1 atom stereocenters. The molecule has 1 unspecified atom stereocenters. The van der Waals surface area contributed by atoms with Gasteiger partial charge in [-0.1, -0.05) is 24.3 Å². The van der Waals surface area contributed by atoms with Gasteiger partial charge in [-0.15, -0.1) is 0 Å². The van der Waals surface area contributed by atoms with Gasteiger partial charge in [-0.25, -0.2) is 4.39 Å². The van der Waals surface area contributed by atoms with Crippen molar-refractivity contribution in [2.75, 3.05) is 7.05 Å². The summed E-state index contributed by atoms with van der Waals surface area (Å²) in [6.07, 6.45) is 0.0740. The number of benzene rings is 2. The molecule has 0 saturated heterocycles. The quantitative estimate of drug-likeness (QED) is 0.870. The van der Waals surface area contributed by atoms with E-state index >= 15 is 0 Å². The number of halogens is 1. The van der Waals surface area contributed by atoms with Crippen molar-refractivity contribution in [3.05, 3.63) is 53.8 Å². The Morgan fingerprint density at radius 1 is 1.00 bits per heavy atom. The highest BCUT2D eigenvalue weighted by Crippen LogP contribution is 2.35. The van der Waals surface area contributed by atoms with Crippen molar-refractivity contribution in [1.29, 1.82) is 0 Å². The summed E-state index contributed by atoms with van der Waals surface area (Å²) in [5.41, 5.74) is 2.84. The lowest BCUT2D eigenvalue weighted by molar-refractivity contribution is 0.243. The fraction of sp³-hybridized carbons (Fsp3) is 0.333. The average Bonchev–Trinajstić information content (AvgIpc) is 2.46. The molecule has 21 heavy (non-hydrogen) atoms. The van der Waals surface area contributed by atoms with E-state index in [4.69, 9.17) is 4.74 Å². The van der Waals surface area contributed by atoms with Crippen LogP contribution >= 0.6 is 0 Å². The molecule has 2 nitrogen and oxygen atoms in total. The van der Waals surface area contributed by atoms with Crippen LogP contribution in [-0.4, -0.2) is 13.2 Å². The zero-order valence-electron chi connectivity index (χ0n) is 13.0. The van der Waals surface area contributed by atoms with Crippen LogP contribution in [0.1, 0.15) is 32.4 Å². The Balaban J connectivity index is 2.58. The lowest BCUT2D eigenvalue weighted by Crippen LogP contribution is -2.14. The molecule has 0 amide bonds. The van der Waals surface area contributed by atoms with E-state index in [9.17, 15) is 4.39 Å².